The average Bonchev–Trinajstić information content (AvgIpc) is 2.53. The van der Waals surface area contributed by atoms with Crippen LogP contribution >= 0.6 is 0 Å². The SMILES string of the molecule is Cc1cccc(C(=O)N[C@H](C)C(=O)NC[C@H]2CCCC[C@@H]2O)c1. The minimum atomic E-state index is -0.608. The Morgan fingerprint density at radius 3 is 2.74 bits per heavy atom. The number of benzene rings is 1. The molecular weight excluding hydrogens is 292 g/mol. The summed E-state index contributed by atoms with van der Waals surface area (Å²) in [6.07, 6.45) is 3.55. The molecule has 5 nitrogen and oxygen atoms in total. The van der Waals surface area contributed by atoms with Gasteiger partial charge in [0.2, 0.25) is 5.91 Å². The Morgan fingerprint density at radius 2 is 2.04 bits per heavy atom. The number of aryl methyl sites for hydroxylation is 1. The second-order valence-electron chi connectivity index (χ2n) is 6.42. The second-order valence-corrected chi connectivity index (χ2v) is 6.42. The summed E-state index contributed by atoms with van der Waals surface area (Å²) in [5.41, 5.74) is 1.55. The monoisotopic (exact) mass is 318 g/mol. The number of hydrogen-bond acceptors (Lipinski definition) is 3. The highest BCUT2D eigenvalue weighted by molar-refractivity contribution is 5.97. The first kappa shape index (κ1) is 17.5. The maximum Gasteiger partial charge on any atom is 0.251 e. The normalized spacial score (nSPS) is 22.2. The molecule has 3 N–H and O–H groups in total. The fourth-order valence-corrected chi connectivity index (χ4v) is 2.94. The molecule has 0 unspecified atom stereocenters. The van der Waals surface area contributed by atoms with Gasteiger partial charge in [-0.25, -0.2) is 0 Å². The zero-order chi connectivity index (χ0) is 16.8. The van der Waals surface area contributed by atoms with Crippen LogP contribution in [0, 0.1) is 12.8 Å². The first-order chi connectivity index (χ1) is 11.0. The molecular formula is C18H26N2O3. The molecule has 1 saturated carbocycles. The van der Waals surface area contributed by atoms with Gasteiger partial charge in [0, 0.05) is 18.0 Å². The lowest BCUT2D eigenvalue weighted by atomic mass is 9.86. The quantitative estimate of drug-likeness (QED) is 0.774. The Bertz CT molecular complexity index is 559. The van der Waals surface area contributed by atoms with Crippen molar-refractivity contribution in [3.63, 3.8) is 0 Å². The second kappa shape index (κ2) is 8.11. The van der Waals surface area contributed by atoms with Gasteiger partial charge >= 0.3 is 0 Å². The van der Waals surface area contributed by atoms with Gasteiger partial charge in [-0.1, -0.05) is 30.5 Å². The van der Waals surface area contributed by atoms with E-state index in [4.69, 9.17) is 0 Å². The van der Waals surface area contributed by atoms with Gasteiger partial charge in [-0.05, 0) is 38.8 Å². The van der Waals surface area contributed by atoms with Crippen LogP contribution in [0.4, 0.5) is 0 Å². The van der Waals surface area contributed by atoms with Crippen molar-refractivity contribution in [3.05, 3.63) is 35.4 Å². The summed E-state index contributed by atoms with van der Waals surface area (Å²) in [5, 5.41) is 15.5. The third-order valence-corrected chi connectivity index (χ3v) is 4.43. The van der Waals surface area contributed by atoms with Gasteiger partial charge in [0.25, 0.3) is 5.91 Å². The number of aliphatic hydroxyl groups is 1. The van der Waals surface area contributed by atoms with Crippen molar-refractivity contribution < 1.29 is 14.7 Å². The Hall–Kier alpha value is -1.88. The van der Waals surface area contributed by atoms with Crippen molar-refractivity contribution in [2.24, 2.45) is 5.92 Å². The first-order valence-electron chi connectivity index (χ1n) is 8.30. The van der Waals surface area contributed by atoms with Crippen LogP contribution in [0.15, 0.2) is 24.3 Å². The van der Waals surface area contributed by atoms with Crippen LogP contribution in [0.2, 0.25) is 0 Å². The summed E-state index contributed by atoms with van der Waals surface area (Å²) in [6.45, 7) is 4.05. The fraction of sp³-hybridized carbons (Fsp3) is 0.556. The first-order valence-corrected chi connectivity index (χ1v) is 8.30. The van der Waals surface area contributed by atoms with E-state index in [-0.39, 0.29) is 23.8 Å². The molecule has 1 aliphatic rings. The molecule has 2 rings (SSSR count). The van der Waals surface area contributed by atoms with E-state index in [1.165, 1.54) is 0 Å². The lowest BCUT2D eigenvalue weighted by molar-refractivity contribution is -0.123. The van der Waals surface area contributed by atoms with E-state index in [1.807, 2.05) is 19.1 Å². The molecule has 23 heavy (non-hydrogen) atoms. The highest BCUT2D eigenvalue weighted by atomic mass is 16.3. The number of carbonyl (C=O) groups is 2. The Balaban J connectivity index is 1.81. The Kier molecular flexibility index (Phi) is 6.16. The number of carbonyl (C=O) groups excluding carboxylic acids is 2. The van der Waals surface area contributed by atoms with Crippen LogP contribution in [0.25, 0.3) is 0 Å². The number of nitrogens with one attached hydrogen (secondary N) is 2. The Labute approximate surface area is 137 Å². The topological polar surface area (TPSA) is 78.4 Å². The summed E-state index contributed by atoms with van der Waals surface area (Å²) in [4.78, 5) is 24.3. The molecule has 3 atom stereocenters. The molecule has 1 aliphatic carbocycles. The van der Waals surface area contributed by atoms with E-state index in [2.05, 4.69) is 10.6 Å². The number of amides is 2. The van der Waals surface area contributed by atoms with Crippen molar-refractivity contribution in [2.45, 2.75) is 51.7 Å². The van der Waals surface area contributed by atoms with E-state index < -0.39 is 6.04 Å². The van der Waals surface area contributed by atoms with Crippen LogP contribution in [-0.4, -0.2) is 35.6 Å². The van der Waals surface area contributed by atoms with E-state index >= 15 is 0 Å². The molecule has 0 radical (unpaired) electrons. The summed E-state index contributed by atoms with van der Waals surface area (Å²) in [5.74, 6) is -0.356. The predicted octanol–water partition coefficient (Wildman–Crippen LogP) is 1.78. The molecule has 0 heterocycles. The van der Waals surface area contributed by atoms with Gasteiger partial charge < -0.3 is 15.7 Å². The zero-order valence-corrected chi connectivity index (χ0v) is 13.8. The molecule has 0 saturated heterocycles. The number of hydrogen-bond donors (Lipinski definition) is 3. The molecule has 1 aromatic rings. The van der Waals surface area contributed by atoms with E-state index in [1.54, 1.807) is 19.1 Å². The largest absolute Gasteiger partial charge is 0.393 e. The van der Waals surface area contributed by atoms with E-state index in [0.717, 1.165) is 31.2 Å². The molecule has 5 heteroatoms. The van der Waals surface area contributed by atoms with E-state index in [9.17, 15) is 14.7 Å². The van der Waals surface area contributed by atoms with Crippen molar-refractivity contribution in [1.29, 1.82) is 0 Å². The molecule has 0 aromatic heterocycles. The van der Waals surface area contributed by atoms with Crippen LogP contribution in [-0.2, 0) is 4.79 Å². The van der Waals surface area contributed by atoms with Crippen molar-refractivity contribution in [1.82, 2.24) is 10.6 Å². The van der Waals surface area contributed by atoms with Gasteiger partial charge in [-0.2, -0.15) is 0 Å². The van der Waals surface area contributed by atoms with Crippen molar-refractivity contribution in [2.75, 3.05) is 6.54 Å². The van der Waals surface area contributed by atoms with Crippen molar-refractivity contribution in [3.8, 4) is 0 Å². The maximum absolute atomic E-state index is 12.1. The molecule has 1 aromatic carbocycles. The number of aliphatic hydroxyl groups excluding tert-OH is 1. The molecule has 126 valence electrons. The third kappa shape index (κ3) is 5.06. The fourth-order valence-electron chi connectivity index (χ4n) is 2.94. The van der Waals surface area contributed by atoms with Crippen LogP contribution in [0.3, 0.4) is 0 Å². The minimum Gasteiger partial charge on any atom is -0.393 e. The van der Waals surface area contributed by atoms with Crippen molar-refractivity contribution >= 4 is 11.8 Å². The van der Waals surface area contributed by atoms with Gasteiger partial charge in [-0.3, -0.25) is 9.59 Å². The molecule has 0 spiro atoms. The Morgan fingerprint density at radius 1 is 1.30 bits per heavy atom. The van der Waals surface area contributed by atoms with Gasteiger partial charge in [0.15, 0.2) is 0 Å². The van der Waals surface area contributed by atoms with Crippen LogP contribution in [0.1, 0.15) is 48.5 Å². The average molecular weight is 318 g/mol. The summed E-state index contributed by atoms with van der Waals surface area (Å²) < 4.78 is 0. The highest BCUT2D eigenvalue weighted by Crippen LogP contribution is 2.23. The van der Waals surface area contributed by atoms with Gasteiger partial charge in [0.05, 0.1) is 6.10 Å². The zero-order valence-electron chi connectivity index (χ0n) is 13.8. The maximum atomic E-state index is 12.1. The minimum absolute atomic E-state index is 0.118. The standard InChI is InChI=1S/C18H26N2O3/c1-12-6-5-8-14(10-12)18(23)20-13(2)17(22)19-11-15-7-3-4-9-16(15)21/h5-6,8,10,13,15-16,21H,3-4,7,9,11H2,1-2H3,(H,19,22)(H,20,23)/t13-,15-,16+/m1/s1. The smallest absolute Gasteiger partial charge is 0.251 e. The molecule has 0 aliphatic heterocycles. The molecule has 2 amide bonds. The lowest BCUT2D eigenvalue weighted by Gasteiger charge is -2.28. The van der Waals surface area contributed by atoms with Crippen LogP contribution < -0.4 is 10.6 Å². The summed E-state index contributed by atoms with van der Waals surface area (Å²) >= 11 is 0. The number of rotatable bonds is 5. The van der Waals surface area contributed by atoms with Gasteiger partial charge in [0.1, 0.15) is 6.04 Å². The lowest BCUT2D eigenvalue weighted by Crippen LogP contribution is -2.47. The third-order valence-electron chi connectivity index (χ3n) is 4.43. The molecule has 1 fully saturated rings. The molecule has 0 bridgehead atoms. The highest BCUT2D eigenvalue weighted by Gasteiger charge is 2.24. The summed E-state index contributed by atoms with van der Waals surface area (Å²) in [7, 11) is 0. The van der Waals surface area contributed by atoms with Gasteiger partial charge in [-0.15, -0.1) is 0 Å². The predicted molar refractivity (Wildman–Crippen MR) is 89.1 cm³/mol. The van der Waals surface area contributed by atoms with Crippen LogP contribution in [0.5, 0.6) is 0 Å². The van der Waals surface area contributed by atoms with E-state index in [0.29, 0.717) is 12.1 Å². The summed E-state index contributed by atoms with van der Waals surface area (Å²) in [6, 6.07) is 6.65.